The maximum absolute atomic E-state index is 11.1. The predicted octanol–water partition coefficient (Wildman–Crippen LogP) is 2.11. The van der Waals surface area contributed by atoms with E-state index in [1.165, 1.54) is 6.92 Å². The number of carboxylic acid groups (broad SMARTS) is 1. The molecule has 1 heterocycles. The molecule has 3 nitrogen and oxygen atoms in total. The van der Waals surface area contributed by atoms with Crippen LogP contribution in [-0.4, -0.2) is 20.3 Å². The molecule has 1 N–H and O–H groups in total. The Morgan fingerprint density at radius 2 is 1.86 bits per heavy atom. The average Bonchev–Trinajstić information content (AvgIpc) is 2.53. The third-order valence-electron chi connectivity index (χ3n) is 1.84. The lowest BCUT2D eigenvalue weighted by molar-refractivity contribution is -0.137. The molecule has 0 amide bonds. The molecule has 1 aliphatic rings. The Hall–Kier alpha value is -0.680. The molecule has 0 radical (unpaired) electrons. The van der Waals surface area contributed by atoms with Gasteiger partial charge < -0.3 is 5.11 Å². The Kier molecular flexibility index (Phi) is 3.44. The Balaban J connectivity index is 2.91. The number of hydrogen-bond acceptors (Lipinski definition) is 3. The number of aliphatic carboxylic acids is 1. The summed E-state index contributed by atoms with van der Waals surface area (Å²) in [6.45, 7) is 3.00. The molecule has 1 atom stereocenters. The van der Waals surface area contributed by atoms with Gasteiger partial charge >= 0.3 is 5.97 Å². The van der Waals surface area contributed by atoms with Crippen LogP contribution in [0.1, 0.15) is 13.8 Å². The second kappa shape index (κ2) is 4.23. The Morgan fingerprint density at radius 1 is 1.36 bits per heavy atom. The zero-order valence-corrected chi connectivity index (χ0v) is 9.64. The van der Waals surface area contributed by atoms with Crippen LogP contribution in [0.2, 0.25) is 0 Å². The van der Waals surface area contributed by atoms with Gasteiger partial charge in [-0.1, -0.05) is 23.9 Å². The molecule has 0 spiro atoms. The van der Waals surface area contributed by atoms with Gasteiger partial charge in [-0.2, -0.15) is 10.9 Å². The third kappa shape index (κ3) is 2.22. The number of carbonyl (C=O) groups excluding carboxylic acids is 1. The normalized spacial score (nSPS) is 20.9. The van der Waals surface area contributed by atoms with E-state index < -0.39 is 20.9 Å². The number of thioether (sulfide) groups is 1. The molecule has 0 aliphatic carbocycles. The highest BCUT2D eigenvalue weighted by Gasteiger charge is 2.39. The van der Waals surface area contributed by atoms with Crippen molar-refractivity contribution in [2.45, 2.75) is 17.9 Å². The molecule has 0 fully saturated rings. The zero-order chi connectivity index (χ0) is 10.8. The quantitative estimate of drug-likeness (QED) is 0.732. The molecule has 0 aromatic rings. The second-order valence-corrected chi connectivity index (χ2v) is 7.18. The fraction of sp³-hybridized carbons (Fsp3) is 0.333. The standard InChI is InChI=1S/C9H12O3S2/c1-7(10)13-9(2,8(11)12)14-5-3-4-6-14/h3-6,14H,1-2H3,(H,11,12)/t9-/m0/s1. The van der Waals surface area contributed by atoms with Crippen molar-refractivity contribution in [2.75, 3.05) is 0 Å². The molecule has 78 valence electrons. The summed E-state index contributed by atoms with van der Waals surface area (Å²) in [4.78, 5) is 22.1. The smallest absolute Gasteiger partial charge is 0.329 e. The summed E-state index contributed by atoms with van der Waals surface area (Å²) >= 11 is 0.895. The topological polar surface area (TPSA) is 54.4 Å². The first kappa shape index (κ1) is 11.4. The van der Waals surface area contributed by atoms with Gasteiger partial charge in [0.25, 0.3) is 0 Å². The largest absolute Gasteiger partial charge is 0.480 e. The molecule has 0 bridgehead atoms. The lowest BCUT2D eigenvalue weighted by Crippen LogP contribution is -2.31. The maximum Gasteiger partial charge on any atom is 0.329 e. The predicted molar refractivity (Wildman–Crippen MR) is 61.6 cm³/mol. The highest BCUT2D eigenvalue weighted by atomic mass is 32.2. The summed E-state index contributed by atoms with van der Waals surface area (Å²) in [5.74, 6) is -0.931. The van der Waals surface area contributed by atoms with E-state index in [0.29, 0.717) is 0 Å². The van der Waals surface area contributed by atoms with Crippen LogP contribution in [0.3, 0.4) is 0 Å². The van der Waals surface area contributed by atoms with E-state index in [2.05, 4.69) is 0 Å². The van der Waals surface area contributed by atoms with Crippen molar-refractivity contribution in [2.24, 2.45) is 0 Å². The lowest BCUT2D eigenvalue weighted by Gasteiger charge is -2.30. The SMILES string of the molecule is CC(=O)S[C@](C)(C(=O)O)[SH]1C=CC=C1. The van der Waals surface area contributed by atoms with E-state index in [1.54, 1.807) is 6.92 Å². The Bertz CT molecular complexity index is 310. The molecule has 0 aromatic carbocycles. The summed E-state index contributed by atoms with van der Waals surface area (Å²) in [5.41, 5.74) is 0. The number of rotatable bonds is 3. The van der Waals surface area contributed by atoms with Crippen LogP contribution in [0.15, 0.2) is 23.0 Å². The number of allylic oxidation sites excluding steroid dienone is 2. The summed E-state index contributed by atoms with van der Waals surface area (Å²) in [6.07, 6.45) is 3.65. The fourth-order valence-electron chi connectivity index (χ4n) is 1.11. The molecule has 0 saturated heterocycles. The van der Waals surface area contributed by atoms with Crippen LogP contribution in [0.4, 0.5) is 0 Å². The van der Waals surface area contributed by atoms with Gasteiger partial charge in [0.2, 0.25) is 0 Å². The first-order chi connectivity index (χ1) is 6.47. The summed E-state index contributed by atoms with van der Waals surface area (Å²) in [6, 6.07) is 0. The molecule has 1 rings (SSSR count). The van der Waals surface area contributed by atoms with Crippen LogP contribution < -0.4 is 0 Å². The monoisotopic (exact) mass is 232 g/mol. The number of thiol groups is 1. The van der Waals surface area contributed by atoms with Gasteiger partial charge in [-0.15, -0.1) is 0 Å². The third-order valence-corrected chi connectivity index (χ3v) is 5.77. The summed E-state index contributed by atoms with van der Waals surface area (Å²) in [7, 11) is -0.881. The summed E-state index contributed by atoms with van der Waals surface area (Å²) in [5, 5.41) is 12.7. The van der Waals surface area contributed by atoms with Crippen LogP contribution in [-0.2, 0) is 9.59 Å². The van der Waals surface area contributed by atoms with Crippen molar-refractivity contribution in [3.63, 3.8) is 0 Å². The Labute approximate surface area is 89.6 Å². The average molecular weight is 232 g/mol. The lowest BCUT2D eigenvalue weighted by atomic mass is 10.5. The molecule has 5 heteroatoms. The number of hydrogen-bond donors (Lipinski definition) is 2. The number of carbonyl (C=O) groups is 2. The van der Waals surface area contributed by atoms with Gasteiger partial charge in [0.15, 0.2) is 9.19 Å². The fourth-order valence-corrected chi connectivity index (χ4v) is 4.38. The molecule has 1 aliphatic heterocycles. The van der Waals surface area contributed by atoms with Gasteiger partial charge in [0, 0.05) is 6.92 Å². The van der Waals surface area contributed by atoms with Gasteiger partial charge in [0.05, 0.1) is 0 Å². The van der Waals surface area contributed by atoms with E-state index in [1.807, 2.05) is 23.0 Å². The molecule has 0 saturated carbocycles. The molecule has 14 heavy (non-hydrogen) atoms. The van der Waals surface area contributed by atoms with E-state index in [-0.39, 0.29) is 5.12 Å². The second-order valence-electron chi connectivity index (χ2n) is 2.97. The van der Waals surface area contributed by atoms with E-state index >= 15 is 0 Å². The highest BCUT2D eigenvalue weighted by Crippen LogP contribution is 2.52. The first-order valence-corrected chi connectivity index (χ1v) is 6.33. The maximum atomic E-state index is 11.1. The van der Waals surface area contributed by atoms with E-state index in [4.69, 9.17) is 5.11 Å². The first-order valence-electron chi connectivity index (χ1n) is 4.03. The molecule has 0 unspecified atom stereocenters. The summed E-state index contributed by atoms with van der Waals surface area (Å²) < 4.78 is -1.02. The van der Waals surface area contributed by atoms with Crippen LogP contribution >= 0.6 is 22.7 Å². The van der Waals surface area contributed by atoms with Crippen LogP contribution in [0.25, 0.3) is 0 Å². The van der Waals surface area contributed by atoms with Crippen LogP contribution in [0, 0.1) is 0 Å². The van der Waals surface area contributed by atoms with Crippen molar-refractivity contribution in [1.29, 1.82) is 0 Å². The number of carboxylic acids is 1. The minimum Gasteiger partial charge on any atom is -0.480 e. The Morgan fingerprint density at radius 3 is 2.21 bits per heavy atom. The minimum atomic E-state index is -1.02. The van der Waals surface area contributed by atoms with Crippen LogP contribution in [0.5, 0.6) is 0 Å². The van der Waals surface area contributed by atoms with E-state index in [0.717, 1.165) is 11.8 Å². The van der Waals surface area contributed by atoms with Gasteiger partial charge in [-0.25, -0.2) is 4.79 Å². The molecular weight excluding hydrogens is 220 g/mol. The van der Waals surface area contributed by atoms with Crippen molar-refractivity contribution in [1.82, 2.24) is 0 Å². The van der Waals surface area contributed by atoms with Gasteiger partial charge in [-0.05, 0) is 17.7 Å². The highest BCUT2D eigenvalue weighted by molar-refractivity contribution is 8.36. The minimum absolute atomic E-state index is 0.161. The van der Waals surface area contributed by atoms with Gasteiger partial charge in [0.1, 0.15) is 0 Å². The molecule has 0 aromatic heterocycles. The zero-order valence-electron chi connectivity index (χ0n) is 7.93. The van der Waals surface area contributed by atoms with Crippen molar-refractivity contribution in [3.8, 4) is 0 Å². The van der Waals surface area contributed by atoms with Crippen molar-refractivity contribution in [3.05, 3.63) is 23.0 Å². The van der Waals surface area contributed by atoms with Crippen molar-refractivity contribution < 1.29 is 14.7 Å². The van der Waals surface area contributed by atoms with Crippen molar-refractivity contribution >= 4 is 33.7 Å². The molecular formula is C9H12O3S2. The van der Waals surface area contributed by atoms with E-state index in [9.17, 15) is 9.59 Å². The van der Waals surface area contributed by atoms with Gasteiger partial charge in [-0.3, -0.25) is 4.79 Å².